The van der Waals surface area contributed by atoms with Crippen LogP contribution in [0.2, 0.25) is 0 Å². The van der Waals surface area contributed by atoms with E-state index in [1.807, 2.05) is 24.3 Å². The van der Waals surface area contributed by atoms with E-state index in [-0.39, 0.29) is 5.69 Å². The molecule has 1 N–H and O–H groups in total. The summed E-state index contributed by atoms with van der Waals surface area (Å²) < 4.78 is 26.4. The Hall–Kier alpha value is -2.49. The van der Waals surface area contributed by atoms with Gasteiger partial charge >= 0.3 is 0 Å². The summed E-state index contributed by atoms with van der Waals surface area (Å²) >= 11 is 0. The van der Waals surface area contributed by atoms with E-state index in [1.54, 1.807) is 12.4 Å². The van der Waals surface area contributed by atoms with Gasteiger partial charge in [0.2, 0.25) is 0 Å². The number of aromatic nitrogens is 1. The smallest absolute Gasteiger partial charge is 0.149 e. The average molecular weight is 270 g/mol. The second-order valence-electron chi connectivity index (χ2n) is 4.49. The molecular formula is C16H12F2N2. The van der Waals surface area contributed by atoms with Crippen molar-refractivity contribution in [3.63, 3.8) is 0 Å². The van der Waals surface area contributed by atoms with E-state index in [0.29, 0.717) is 6.54 Å². The summed E-state index contributed by atoms with van der Waals surface area (Å²) in [7, 11) is 0. The van der Waals surface area contributed by atoms with Crippen LogP contribution in [0.1, 0.15) is 5.56 Å². The number of pyridine rings is 1. The van der Waals surface area contributed by atoms with Gasteiger partial charge in [-0.3, -0.25) is 4.98 Å². The number of benzene rings is 2. The summed E-state index contributed by atoms with van der Waals surface area (Å²) in [5.74, 6) is -1.17. The number of hydrogen-bond acceptors (Lipinski definition) is 2. The zero-order chi connectivity index (χ0) is 13.9. The molecule has 0 aliphatic heterocycles. The molecule has 3 aromatic rings. The highest BCUT2D eigenvalue weighted by Gasteiger charge is 2.05. The number of nitrogens with zero attached hydrogens (tertiary/aromatic N) is 1. The third-order valence-corrected chi connectivity index (χ3v) is 3.17. The van der Waals surface area contributed by atoms with Gasteiger partial charge in [0.15, 0.2) is 0 Å². The second-order valence-corrected chi connectivity index (χ2v) is 4.49. The highest BCUT2D eigenvalue weighted by molar-refractivity contribution is 5.84. The van der Waals surface area contributed by atoms with Crippen molar-refractivity contribution >= 4 is 16.5 Å². The second kappa shape index (κ2) is 5.25. The first kappa shape index (κ1) is 12.5. The van der Waals surface area contributed by atoms with Crippen molar-refractivity contribution in [1.82, 2.24) is 4.98 Å². The Bertz CT molecular complexity index is 751. The Morgan fingerprint density at radius 1 is 1.05 bits per heavy atom. The van der Waals surface area contributed by atoms with E-state index in [2.05, 4.69) is 10.3 Å². The van der Waals surface area contributed by atoms with Crippen LogP contribution in [0.15, 0.2) is 54.9 Å². The van der Waals surface area contributed by atoms with Gasteiger partial charge in [-0.25, -0.2) is 8.78 Å². The topological polar surface area (TPSA) is 24.9 Å². The third-order valence-electron chi connectivity index (χ3n) is 3.17. The van der Waals surface area contributed by atoms with E-state index < -0.39 is 11.6 Å². The van der Waals surface area contributed by atoms with Crippen molar-refractivity contribution in [3.8, 4) is 0 Å². The molecular weight excluding hydrogens is 258 g/mol. The molecule has 0 atom stereocenters. The Kier molecular flexibility index (Phi) is 3.29. The summed E-state index contributed by atoms with van der Waals surface area (Å²) in [6, 6.07) is 11.3. The van der Waals surface area contributed by atoms with E-state index in [4.69, 9.17) is 0 Å². The lowest BCUT2D eigenvalue weighted by Crippen LogP contribution is -2.02. The largest absolute Gasteiger partial charge is 0.379 e. The van der Waals surface area contributed by atoms with Crippen LogP contribution in [0, 0.1) is 11.6 Å². The quantitative estimate of drug-likeness (QED) is 0.774. The molecule has 0 saturated heterocycles. The van der Waals surface area contributed by atoms with Crippen LogP contribution in [0.4, 0.5) is 14.5 Å². The SMILES string of the molecule is Fc1ccc(NCc2cccc3cnccc23)c(F)c1. The van der Waals surface area contributed by atoms with Crippen molar-refractivity contribution in [2.75, 3.05) is 5.32 Å². The maximum Gasteiger partial charge on any atom is 0.149 e. The highest BCUT2D eigenvalue weighted by Crippen LogP contribution is 2.20. The molecule has 1 aromatic heterocycles. The molecule has 0 saturated carbocycles. The Morgan fingerprint density at radius 3 is 2.80 bits per heavy atom. The number of fused-ring (bicyclic) bond motifs is 1. The molecule has 0 radical (unpaired) electrons. The van der Waals surface area contributed by atoms with Gasteiger partial charge < -0.3 is 5.32 Å². The molecule has 0 spiro atoms. The molecule has 20 heavy (non-hydrogen) atoms. The minimum atomic E-state index is -0.591. The fraction of sp³-hybridized carbons (Fsp3) is 0.0625. The molecule has 0 amide bonds. The number of hydrogen-bond donors (Lipinski definition) is 1. The van der Waals surface area contributed by atoms with E-state index >= 15 is 0 Å². The molecule has 4 heteroatoms. The number of rotatable bonds is 3. The first-order valence-corrected chi connectivity index (χ1v) is 6.24. The van der Waals surface area contributed by atoms with E-state index in [1.165, 1.54) is 12.1 Å². The van der Waals surface area contributed by atoms with Crippen LogP contribution in [0.5, 0.6) is 0 Å². The molecule has 1 heterocycles. The maximum absolute atomic E-state index is 13.6. The third kappa shape index (κ3) is 2.45. The lowest BCUT2D eigenvalue weighted by molar-refractivity contribution is 0.585. The predicted octanol–water partition coefficient (Wildman–Crippen LogP) is 4.13. The summed E-state index contributed by atoms with van der Waals surface area (Å²) in [5, 5.41) is 5.09. The van der Waals surface area contributed by atoms with Gasteiger partial charge in [0.25, 0.3) is 0 Å². The molecule has 0 unspecified atom stereocenters. The van der Waals surface area contributed by atoms with Gasteiger partial charge in [-0.15, -0.1) is 0 Å². The van der Waals surface area contributed by atoms with Crippen molar-refractivity contribution in [2.45, 2.75) is 6.54 Å². The molecule has 0 aliphatic rings. The Labute approximate surface area is 115 Å². The molecule has 2 aromatic carbocycles. The fourth-order valence-electron chi connectivity index (χ4n) is 2.17. The zero-order valence-corrected chi connectivity index (χ0v) is 10.6. The van der Waals surface area contributed by atoms with Crippen molar-refractivity contribution in [3.05, 3.63) is 72.1 Å². The van der Waals surface area contributed by atoms with Crippen LogP contribution < -0.4 is 5.32 Å². The molecule has 100 valence electrons. The summed E-state index contributed by atoms with van der Waals surface area (Å²) in [4.78, 5) is 4.07. The average Bonchev–Trinajstić information content (AvgIpc) is 2.46. The Morgan fingerprint density at radius 2 is 1.95 bits per heavy atom. The first-order valence-electron chi connectivity index (χ1n) is 6.24. The van der Waals surface area contributed by atoms with Crippen LogP contribution in [-0.2, 0) is 6.54 Å². The molecule has 0 bridgehead atoms. The van der Waals surface area contributed by atoms with Crippen molar-refractivity contribution in [1.29, 1.82) is 0 Å². The summed E-state index contributed by atoms with van der Waals surface area (Å²) in [6.45, 7) is 0.462. The predicted molar refractivity (Wildman–Crippen MR) is 75.4 cm³/mol. The van der Waals surface area contributed by atoms with Gasteiger partial charge in [-0.2, -0.15) is 0 Å². The zero-order valence-electron chi connectivity index (χ0n) is 10.6. The lowest BCUT2D eigenvalue weighted by Gasteiger charge is -2.10. The van der Waals surface area contributed by atoms with Crippen LogP contribution >= 0.6 is 0 Å². The monoisotopic (exact) mass is 270 g/mol. The highest BCUT2D eigenvalue weighted by atomic mass is 19.1. The van der Waals surface area contributed by atoms with Gasteiger partial charge in [-0.1, -0.05) is 18.2 Å². The van der Waals surface area contributed by atoms with Gasteiger partial charge in [-0.05, 0) is 29.1 Å². The van der Waals surface area contributed by atoms with Crippen molar-refractivity contribution in [2.24, 2.45) is 0 Å². The standard InChI is InChI=1S/C16H12F2N2/c17-13-4-5-16(15(18)8-13)20-10-12-3-1-2-11-9-19-7-6-14(11)12/h1-9,20H,10H2. The van der Waals surface area contributed by atoms with Crippen molar-refractivity contribution < 1.29 is 8.78 Å². The first-order chi connectivity index (χ1) is 9.74. The number of halogens is 2. The fourth-order valence-corrected chi connectivity index (χ4v) is 2.17. The van der Waals surface area contributed by atoms with Crippen LogP contribution in [0.25, 0.3) is 10.8 Å². The lowest BCUT2D eigenvalue weighted by atomic mass is 10.1. The Balaban J connectivity index is 1.87. The molecule has 2 nitrogen and oxygen atoms in total. The minimum absolute atomic E-state index is 0.289. The maximum atomic E-state index is 13.6. The van der Waals surface area contributed by atoms with E-state index in [0.717, 1.165) is 22.4 Å². The normalized spacial score (nSPS) is 10.7. The van der Waals surface area contributed by atoms with Gasteiger partial charge in [0.1, 0.15) is 11.6 Å². The molecule has 0 fully saturated rings. The van der Waals surface area contributed by atoms with Crippen LogP contribution in [0.3, 0.4) is 0 Å². The van der Waals surface area contributed by atoms with Crippen LogP contribution in [-0.4, -0.2) is 4.98 Å². The number of anilines is 1. The van der Waals surface area contributed by atoms with E-state index in [9.17, 15) is 8.78 Å². The summed E-state index contributed by atoms with van der Waals surface area (Å²) in [6.07, 6.45) is 3.52. The summed E-state index contributed by atoms with van der Waals surface area (Å²) in [5.41, 5.74) is 1.33. The molecule has 3 rings (SSSR count). The van der Waals surface area contributed by atoms with Gasteiger partial charge in [0.05, 0.1) is 5.69 Å². The molecule has 0 aliphatic carbocycles. The number of nitrogens with one attached hydrogen (secondary N) is 1. The minimum Gasteiger partial charge on any atom is -0.379 e. The van der Waals surface area contributed by atoms with Gasteiger partial charge in [0, 0.05) is 30.4 Å².